The smallest absolute Gasteiger partial charge is 0.251 e. The summed E-state index contributed by atoms with van der Waals surface area (Å²) in [6.45, 7) is 0. The molecule has 1 aliphatic heterocycles. The van der Waals surface area contributed by atoms with Crippen LogP contribution in [0.4, 0.5) is 5.69 Å². The van der Waals surface area contributed by atoms with E-state index >= 15 is 0 Å². The summed E-state index contributed by atoms with van der Waals surface area (Å²) in [5.74, 6) is 1.10. The minimum Gasteiger partial charge on any atom is -0.349 e. The number of benzene rings is 1. The number of nitrogens with one attached hydrogen (secondary N) is 2. The van der Waals surface area contributed by atoms with Gasteiger partial charge in [0.2, 0.25) is 5.91 Å². The lowest BCUT2D eigenvalue weighted by Gasteiger charge is -2.45. The fourth-order valence-electron chi connectivity index (χ4n) is 4.78. The van der Waals surface area contributed by atoms with E-state index in [4.69, 9.17) is 5.73 Å². The third-order valence-electron chi connectivity index (χ3n) is 5.94. The Morgan fingerprint density at radius 1 is 1.17 bits per heavy atom. The van der Waals surface area contributed by atoms with Crippen molar-refractivity contribution in [3.63, 3.8) is 0 Å². The molecule has 3 aliphatic rings. The number of aryl methyl sites for hydroxylation is 1. The molecule has 1 heterocycles. The van der Waals surface area contributed by atoms with Gasteiger partial charge in [0, 0.05) is 29.8 Å². The van der Waals surface area contributed by atoms with Crippen LogP contribution in [0.1, 0.15) is 54.4 Å². The third-order valence-corrected chi connectivity index (χ3v) is 5.94. The van der Waals surface area contributed by atoms with Gasteiger partial charge in [-0.05, 0) is 67.7 Å². The van der Waals surface area contributed by atoms with Gasteiger partial charge in [-0.2, -0.15) is 0 Å². The predicted octanol–water partition coefficient (Wildman–Crippen LogP) is 2.21. The molecule has 2 saturated carbocycles. The lowest BCUT2D eigenvalue weighted by molar-refractivity contribution is -0.116. The van der Waals surface area contributed by atoms with Gasteiger partial charge >= 0.3 is 0 Å². The maximum Gasteiger partial charge on any atom is 0.251 e. The zero-order chi connectivity index (χ0) is 16.7. The van der Waals surface area contributed by atoms with Crippen molar-refractivity contribution < 1.29 is 9.59 Å². The number of carbonyl (C=O) groups is 2. The molecule has 24 heavy (non-hydrogen) atoms. The van der Waals surface area contributed by atoms with Crippen LogP contribution in [0, 0.1) is 11.8 Å². The first-order valence-corrected chi connectivity index (χ1v) is 9.09. The number of hydrogen-bond donors (Lipinski definition) is 3. The van der Waals surface area contributed by atoms with Crippen molar-refractivity contribution in [1.29, 1.82) is 0 Å². The van der Waals surface area contributed by atoms with Crippen molar-refractivity contribution in [2.75, 3.05) is 5.32 Å². The van der Waals surface area contributed by atoms with Crippen LogP contribution in [0.15, 0.2) is 18.2 Å². The maximum atomic E-state index is 12.7. The molecular formula is C19H25N3O2. The lowest BCUT2D eigenvalue weighted by atomic mass is 9.67. The Labute approximate surface area is 142 Å². The fraction of sp³-hybridized carbons (Fsp3) is 0.579. The Kier molecular flexibility index (Phi) is 4.04. The highest BCUT2D eigenvalue weighted by atomic mass is 16.2. The van der Waals surface area contributed by atoms with Crippen molar-refractivity contribution >= 4 is 17.5 Å². The molecule has 2 atom stereocenters. The average Bonchev–Trinajstić information content (AvgIpc) is 2.55. The first-order valence-electron chi connectivity index (χ1n) is 9.09. The molecule has 2 amide bonds. The van der Waals surface area contributed by atoms with Crippen molar-refractivity contribution in [2.24, 2.45) is 17.6 Å². The van der Waals surface area contributed by atoms with Crippen molar-refractivity contribution in [3.05, 3.63) is 29.3 Å². The van der Waals surface area contributed by atoms with Crippen molar-refractivity contribution in [2.45, 2.75) is 57.0 Å². The predicted molar refractivity (Wildman–Crippen MR) is 92.7 cm³/mol. The van der Waals surface area contributed by atoms with Crippen LogP contribution < -0.4 is 16.4 Å². The molecule has 5 heteroatoms. The molecule has 2 unspecified atom stereocenters. The standard InChI is InChI=1S/C19H25N3O2/c20-15-9-12-2-1-3-13(10-15)18(12)22-19(24)14-4-6-16-11(8-14)5-7-17(23)21-16/h4,6,8,12-13,15,18H,1-3,5,7,9-10,20H2,(H,21,23)(H,22,24). The van der Waals surface area contributed by atoms with E-state index < -0.39 is 0 Å². The Hall–Kier alpha value is -1.88. The van der Waals surface area contributed by atoms with Crippen LogP contribution in [0.2, 0.25) is 0 Å². The van der Waals surface area contributed by atoms with Crippen molar-refractivity contribution in [3.8, 4) is 0 Å². The number of nitrogens with two attached hydrogens (primary N) is 1. The third kappa shape index (κ3) is 2.93. The highest BCUT2D eigenvalue weighted by Crippen LogP contribution is 2.39. The van der Waals surface area contributed by atoms with Gasteiger partial charge in [-0.3, -0.25) is 9.59 Å². The Balaban J connectivity index is 1.49. The van der Waals surface area contributed by atoms with Crippen LogP contribution in [-0.2, 0) is 11.2 Å². The van der Waals surface area contributed by atoms with Gasteiger partial charge in [0.25, 0.3) is 5.91 Å². The molecule has 4 N–H and O–H groups in total. The first-order chi connectivity index (χ1) is 11.6. The topological polar surface area (TPSA) is 84.2 Å². The van der Waals surface area contributed by atoms with Gasteiger partial charge in [0.1, 0.15) is 0 Å². The highest BCUT2D eigenvalue weighted by molar-refractivity contribution is 5.98. The number of carbonyl (C=O) groups excluding carboxylic acids is 2. The summed E-state index contributed by atoms with van der Waals surface area (Å²) in [7, 11) is 0. The first kappa shape index (κ1) is 15.6. The molecule has 1 aromatic rings. The number of fused-ring (bicyclic) bond motifs is 3. The fourth-order valence-corrected chi connectivity index (χ4v) is 4.78. The van der Waals surface area contributed by atoms with E-state index in [0.717, 1.165) is 24.1 Å². The van der Waals surface area contributed by atoms with Crippen LogP contribution in [0.5, 0.6) is 0 Å². The summed E-state index contributed by atoms with van der Waals surface area (Å²) in [5.41, 5.74) is 8.75. The minimum absolute atomic E-state index is 0.00655. The molecule has 5 nitrogen and oxygen atoms in total. The summed E-state index contributed by atoms with van der Waals surface area (Å²) in [6.07, 6.45) is 6.84. The quantitative estimate of drug-likeness (QED) is 0.778. The molecule has 0 saturated heterocycles. The summed E-state index contributed by atoms with van der Waals surface area (Å²) >= 11 is 0. The van der Waals surface area contributed by atoms with E-state index in [0.29, 0.717) is 36.3 Å². The zero-order valence-corrected chi connectivity index (χ0v) is 13.9. The summed E-state index contributed by atoms with van der Waals surface area (Å²) in [5, 5.41) is 6.15. The van der Waals surface area contributed by atoms with Gasteiger partial charge in [0.05, 0.1) is 0 Å². The van der Waals surface area contributed by atoms with E-state index in [1.807, 2.05) is 18.2 Å². The van der Waals surface area contributed by atoms with Crippen molar-refractivity contribution in [1.82, 2.24) is 5.32 Å². The minimum atomic E-state index is 0.00655. The molecule has 0 aromatic heterocycles. The van der Waals surface area contributed by atoms with E-state index in [2.05, 4.69) is 10.6 Å². The summed E-state index contributed by atoms with van der Waals surface area (Å²) < 4.78 is 0. The summed E-state index contributed by atoms with van der Waals surface area (Å²) in [6, 6.07) is 6.14. The van der Waals surface area contributed by atoms with Gasteiger partial charge in [0.15, 0.2) is 0 Å². The van der Waals surface area contributed by atoms with Crippen LogP contribution in [0.3, 0.4) is 0 Å². The van der Waals surface area contributed by atoms with Gasteiger partial charge in [-0.15, -0.1) is 0 Å². The molecule has 1 aromatic carbocycles. The second-order valence-corrected chi connectivity index (χ2v) is 7.60. The number of hydrogen-bond acceptors (Lipinski definition) is 3. The Morgan fingerprint density at radius 3 is 2.67 bits per heavy atom. The molecular weight excluding hydrogens is 302 g/mol. The molecule has 0 spiro atoms. The van der Waals surface area contributed by atoms with Crippen LogP contribution in [0.25, 0.3) is 0 Å². The van der Waals surface area contributed by atoms with Crippen LogP contribution >= 0.6 is 0 Å². The molecule has 0 radical (unpaired) electrons. The van der Waals surface area contributed by atoms with E-state index in [1.165, 1.54) is 19.3 Å². The molecule has 2 fully saturated rings. The van der Waals surface area contributed by atoms with E-state index in [-0.39, 0.29) is 17.9 Å². The Morgan fingerprint density at radius 2 is 1.92 bits per heavy atom. The van der Waals surface area contributed by atoms with Gasteiger partial charge < -0.3 is 16.4 Å². The number of rotatable bonds is 2. The number of anilines is 1. The van der Waals surface area contributed by atoms with Gasteiger partial charge in [-0.25, -0.2) is 0 Å². The normalized spacial score (nSPS) is 31.8. The highest BCUT2D eigenvalue weighted by Gasteiger charge is 2.40. The average molecular weight is 327 g/mol. The van der Waals surface area contributed by atoms with Gasteiger partial charge in [-0.1, -0.05) is 6.42 Å². The zero-order valence-electron chi connectivity index (χ0n) is 13.9. The molecule has 128 valence electrons. The lowest BCUT2D eigenvalue weighted by Crippen LogP contribution is -2.53. The largest absolute Gasteiger partial charge is 0.349 e. The van der Waals surface area contributed by atoms with E-state index in [1.54, 1.807) is 0 Å². The molecule has 2 bridgehead atoms. The summed E-state index contributed by atoms with van der Waals surface area (Å²) in [4.78, 5) is 24.2. The second-order valence-electron chi connectivity index (χ2n) is 7.60. The maximum absolute atomic E-state index is 12.7. The SMILES string of the molecule is NC1CC2CCCC(C1)C2NC(=O)c1ccc2c(c1)CCC(=O)N2. The molecule has 4 rings (SSSR count). The van der Waals surface area contributed by atoms with E-state index in [9.17, 15) is 9.59 Å². The monoisotopic (exact) mass is 327 g/mol. The molecule has 2 aliphatic carbocycles. The Bertz CT molecular complexity index is 659. The second kappa shape index (κ2) is 6.20. The van der Waals surface area contributed by atoms with Crippen LogP contribution in [-0.4, -0.2) is 23.9 Å². The number of amides is 2.